The molecule has 0 saturated heterocycles. The fraction of sp³-hybridized carbons (Fsp3) is 0.0625. The van der Waals surface area contributed by atoms with Gasteiger partial charge in [-0.15, -0.1) is 0 Å². The van der Waals surface area contributed by atoms with Crippen molar-refractivity contribution in [2.24, 2.45) is 0 Å². The highest BCUT2D eigenvalue weighted by Crippen LogP contribution is 2.22. The predicted molar refractivity (Wildman–Crippen MR) is 93.0 cm³/mol. The lowest BCUT2D eigenvalue weighted by Crippen LogP contribution is -2.08. The van der Waals surface area contributed by atoms with Gasteiger partial charge in [0.1, 0.15) is 0 Å². The summed E-state index contributed by atoms with van der Waals surface area (Å²) < 4.78 is 0.974. The molecule has 1 amide bonds. The molecule has 1 N–H and O–H groups in total. The molecule has 0 radical (unpaired) electrons. The van der Waals surface area contributed by atoms with E-state index < -0.39 is 0 Å². The lowest BCUT2D eigenvalue weighted by Gasteiger charge is -2.06. The molecule has 0 aromatic heterocycles. The predicted octanol–water partition coefficient (Wildman–Crippen LogP) is 5.72. The van der Waals surface area contributed by atoms with E-state index >= 15 is 0 Å². The molecule has 0 saturated carbocycles. The number of hydrogen-bond acceptors (Lipinski definition) is 1. The van der Waals surface area contributed by atoms with E-state index in [0.29, 0.717) is 10.0 Å². The Morgan fingerprint density at radius 1 is 1.19 bits per heavy atom. The maximum atomic E-state index is 11.9. The summed E-state index contributed by atoms with van der Waals surface area (Å²) in [4.78, 5) is 11.9. The van der Waals surface area contributed by atoms with E-state index in [1.807, 2.05) is 25.1 Å². The van der Waals surface area contributed by atoms with E-state index in [1.165, 1.54) is 6.08 Å². The van der Waals surface area contributed by atoms with Gasteiger partial charge in [0.15, 0.2) is 0 Å². The van der Waals surface area contributed by atoms with Crippen molar-refractivity contribution >= 4 is 56.8 Å². The molecule has 108 valence electrons. The molecule has 0 spiro atoms. The summed E-state index contributed by atoms with van der Waals surface area (Å²) >= 11 is 15.3. The van der Waals surface area contributed by atoms with Crippen molar-refractivity contribution in [3.05, 3.63) is 68.1 Å². The lowest BCUT2D eigenvalue weighted by molar-refractivity contribution is -0.111. The third-order valence-electron chi connectivity index (χ3n) is 2.82. The molecule has 0 aliphatic heterocycles. The minimum absolute atomic E-state index is 0.216. The largest absolute Gasteiger partial charge is 0.322 e. The van der Waals surface area contributed by atoms with Crippen LogP contribution in [0.1, 0.15) is 11.1 Å². The number of carbonyl (C=O) groups is 1. The molecule has 2 rings (SSSR count). The number of benzene rings is 2. The van der Waals surface area contributed by atoms with E-state index in [0.717, 1.165) is 21.3 Å². The topological polar surface area (TPSA) is 29.1 Å². The molecule has 0 atom stereocenters. The Bertz CT molecular complexity index is 713. The maximum Gasteiger partial charge on any atom is 0.248 e. The maximum absolute atomic E-state index is 11.9. The Hall–Kier alpha value is -1.29. The number of carbonyl (C=O) groups excluding carboxylic acids is 1. The Morgan fingerprint density at radius 3 is 2.62 bits per heavy atom. The average Bonchev–Trinajstić information content (AvgIpc) is 2.41. The second kappa shape index (κ2) is 7.12. The van der Waals surface area contributed by atoms with Crippen molar-refractivity contribution in [3.63, 3.8) is 0 Å². The highest BCUT2D eigenvalue weighted by atomic mass is 79.9. The third kappa shape index (κ3) is 4.60. The highest BCUT2D eigenvalue weighted by Gasteiger charge is 2.03. The van der Waals surface area contributed by atoms with Crippen LogP contribution < -0.4 is 5.32 Å². The van der Waals surface area contributed by atoms with Gasteiger partial charge >= 0.3 is 0 Å². The van der Waals surface area contributed by atoms with Gasteiger partial charge in [0.05, 0.1) is 0 Å². The molecule has 2 aromatic carbocycles. The summed E-state index contributed by atoms with van der Waals surface area (Å²) in [5, 5.41) is 3.89. The van der Waals surface area contributed by atoms with Crippen LogP contribution in [0.5, 0.6) is 0 Å². The number of hydrogen-bond donors (Lipinski definition) is 1. The SMILES string of the molecule is Cc1cc(Br)ccc1NC(=O)/C=C/c1ccc(Cl)cc1Cl. The van der Waals surface area contributed by atoms with E-state index in [2.05, 4.69) is 21.2 Å². The molecule has 2 nitrogen and oxygen atoms in total. The number of rotatable bonds is 3. The monoisotopic (exact) mass is 383 g/mol. The van der Waals surface area contributed by atoms with Gasteiger partial charge in [-0.2, -0.15) is 0 Å². The zero-order chi connectivity index (χ0) is 15.4. The second-order valence-electron chi connectivity index (χ2n) is 4.45. The molecule has 21 heavy (non-hydrogen) atoms. The summed E-state index contributed by atoms with van der Waals surface area (Å²) in [7, 11) is 0. The van der Waals surface area contributed by atoms with Crippen LogP contribution in [0.4, 0.5) is 5.69 Å². The molecule has 0 heterocycles. The zero-order valence-corrected chi connectivity index (χ0v) is 14.3. The number of halogens is 3. The summed E-state index contributed by atoms with van der Waals surface area (Å²) in [6.07, 6.45) is 3.10. The van der Waals surface area contributed by atoms with Gasteiger partial charge in [-0.1, -0.05) is 45.2 Å². The van der Waals surface area contributed by atoms with Gasteiger partial charge in [0.2, 0.25) is 5.91 Å². The fourth-order valence-electron chi connectivity index (χ4n) is 1.74. The molecule has 0 bridgehead atoms. The van der Waals surface area contributed by atoms with Crippen molar-refractivity contribution in [2.45, 2.75) is 6.92 Å². The molecule has 5 heteroatoms. The Balaban J connectivity index is 2.09. The first-order valence-electron chi connectivity index (χ1n) is 6.16. The highest BCUT2D eigenvalue weighted by molar-refractivity contribution is 9.10. The van der Waals surface area contributed by atoms with E-state index in [-0.39, 0.29) is 5.91 Å². The van der Waals surface area contributed by atoms with Crippen molar-refractivity contribution in [2.75, 3.05) is 5.32 Å². The third-order valence-corrected chi connectivity index (χ3v) is 3.88. The summed E-state index contributed by atoms with van der Waals surface area (Å²) in [6.45, 7) is 1.93. The molecule has 0 aliphatic carbocycles. The fourth-order valence-corrected chi connectivity index (χ4v) is 2.69. The molecule has 0 aliphatic rings. The second-order valence-corrected chi connectivity index (χ2v) is 6.21. The standard InChI is InChI=1S/C16H12BrCl2NO/c1-10-8-12(17)4-6-15(10)20-16(21)7-3-11-2-5-13(18)9-14(11)19/h2-9H,1H3,(H,20,21)/b7-3+. The normalized spacial score (nSPS) is 10.9. The van der Waals surface area contributed by atoms with Crippen molar-refractivity contribution < 1.29 is 4.79 Å². The summed E-state index contributed by atoms with van der Waals surface area (Å²) in [5.74, 6) is -0.216. The number of amides is 1. The number of anilines is 1. The first-order valence-corrected chi connectivity index (χ1v) is 7.71. The van der Waals surface area contributed by atoms with Gasteiger partial charge in [0.25, 0.3) is 0 Å². The summed E-state index contributed by atoms with van der Waals surface area (Å²) in [5.41, 5.74) is 2.49. The first kappa shape index (κ1) is 16.1. The zero-order valence-electron chi connectivity index (χ0n) is 11.2. The molecule has 0 fully saturated rings. The van der Waals surface area contributed by atoms with Gasteiger partial charge in [0, 0.05) is 26.3 Å². The van der Waals surface area contributed by atoms with Crippen molar-refractivity contribution in [3.8, 4) is 0 Å². The quantitative estimate of drug-likeness (QED) is 0.674. The molecule has 2 aromatic rings. The van der Waals surface area contributed by atoms with Crippen LogP contribution in [0, 0.1) is 6.92 Å². The van der Waals surface area contributed by atoms with Crippen LogP contribution in [-0.4, -0.2) is 5.91 Å². The van der Waals surface area contributed by atoms with Gasteiger partial charge in [-0.05, 0) is 54.5 Å². The Morgan fingerprint density at radius 2 is 1.95 bits per heavy atom. The average molecular weight is 385 g/mol. The Labute approximate surface area is 141 Å². The Kier molecular flexibility index (Phi) is 5.45. The van der Waals surface area contributed by atoms with E-state index in [1.54, 1.807) is 24.3 Å². The van der Waals surface area contributed by atoms with Crippen molar-refractivity contribution in [1.29, 1.82) is 0 Å². The first-order chi connectivity index (χ1) is 9.95. The molecule has 0 unspecified atom stereocenters. The summed E-state index contributed by atoms with van der Waals surface area (Å²) in [6, 6.07) is 10.8. The smallest absolute Gasteiger partial charge is 0.248 e. The minimum Gasteiger partial charge on any atom is -0.322 e. The minimum atomic E-state index is -0.216. The van der Waals surface area contributed by atoms with Crippen LogP contribution in [0.25, 0.3) is 6.08 Å². The van der Waals surface area contributed by atoms with Crippen LogP contribution in [0.3, 0.4) is 0 Å². The van der Waals surface area contributed by atoms with E-state index in [9.17, 15) is 4.79 Å². The van der Waals surface area contributed by atoms with Crippen LogP contribution in [-0.2, 0) is 4.79 Å². The van der Waals surface area contributed by atoms with Gasteiger partial charge in [-0.25, -0.2) is 0 Å². The molecular weight excluding hydrogens is 373 g/mol. The number of aryl methyl sites for hydroxylation is 1. The van der Waals surface area contributed by atoms with Gasteiger partial charge in [-0.3, -0.25) is 4.79 Å². The van der Waals surface area contributed by atoms with Gasteiger partial charge < -0.3 is 5.32 Å². The van der Waals surface area contributed by atoms with Crippen LogP contribution in [0.15, 0.2) is 46.9 Å². The van der Waals surface area contributed by atoms with Crippen molar-refractivity contribution in [1.82, 2.24) is 0 Å². The number of nitrogens with one attached hydrogen (secondary N) is 1. The van der Waals surface area contributed by atoms with Crippen LogP contribution in [0.2, 0.25) is 10.0 Å². The molecular formula is C16H12BrCl2NO. The van der Waals surface area contributed by atoms with E-state index in [4.69, 9.17) is 23.2 Å². The van der Waals surface area contributed by atoms with Crippen LogP contribution >= 0.6 is 39.1 Å². The lowest BCUT2D eigenvalue weighted by atomic mass is 10.2.